The molecule has 0 amide bonds. The predicted molar refractivity (Wildman–Crippen MR) is 81.1 cm³/mol. The number of halogens is 1. The van der Waals surface area contributed by atoms with Crippen LogP contribution < -0.4 is 5.32 Å². The zero-order chi connectivity index (χ0) is 13.1. The summed E-state index contributed by atoms with van der Waals surface area (Å²) in [4.78, 5) is 7.97. The first-order valence-electron chi connectivity index (χ1n) is 5.99. The van der Waals surface area contributed by atoms with Crippen LogP contribution in [-0.4, -0.2) is 16.5 Å². The van der Waals surface area contributed by atoms with Crippen molar-refractivity contribution in [1.29, 1.82) is 0 Å². The number of fused-ring (bicyclic) bond motifs is 1. The molecule has 0 radical (unpaired) electrons. The summed E-state index contributed by atoms with van der Waals surface area (Å²) in [5, 5.41) is 7.19. The summed E-state index contributed by atoms with van der Waals surface area (Å²) in [7, 11) is 0. The third kappa shape index (κ3) is 2.85. The Morgan fingerprint density at radius 2 is 2.16 bits per heavy atom. The lowest BCUT2D eigenvalue weighted by Gasteiger charge is -2.06. The van der Waals surface area contributed by atoms with Crippen LogP contribution in [0.5, 0.6) is 0 Å². The lowest BCUT2D eigenvalue weighted by atomic mass is 10.1. The number of nitrogens with zero attached hydrogens (tertiary/aromatic N) is 2. The van der Waals surface area contributed by atoms with Crippen molar-refractivity contribution in [3.63, 3.8) is 0 Å². The van der Waals surface area contributed by atoms with Gasteiger partial charge in [0.15, 0.2) is 0 Å². The molecule has 19 heavy (non-hydrogen) atoms. The van der Waals surface area contributed by atoms with Gasteiger partial charge in [0, 0.05) is 17.3 Å². The van der Waals surface area contributed by atoms with Gasteiger partial charge >= 0.3 is 0 Å². The highest BCUT2D eigenvalue weighted by Gasteiger charge is 2.02. The summed E-state index contributed by atoms with van der Waals surface area (Å²) in [6.45, 7) is 0.822. The molecule has 3 rings (SSSR count). The molecule has 0 aliphatic rings. The molecule has 0 aliphatic heterocycles. The second-order valence-electron chi connectivity index (χ2n) is 4.15. The first-order chi connectivity index (χ1) is 9.33. The molecule has 0 saturated heterocycles. The second kappa shape index (κ2) is 5.55. The van der Waals surface area contributed by atoms with Crippen molar-refractivity contribution in [3.8, 4) is 0 Å². The van der Waals surface area contributed by atoms with Gasteiger partial charge in [-0.05, 0) is 34.9 Å². The van der Waals surface area contributed by atoms with Gasteiger partial charge in [0.25, 0.3) is 0 Å². The number of aromatic nitrogens is 2. The number of nitrogens with one attached hydrogen (secondary N) is 1. The summed E-state index contributed by atoms with van der Waals surface area (Å²) in [5.41, 5.74) is 1.35. The molecule has 2 aromatic heterocycles. The topological polar surface area (TPSA) is 37.8 Å². The largest absolute Gasteiger partial charge is 0.370 e. The summed E-state index contributed by atoms with van der Waals surface area (Å²) < 4.78 is 1.34. The fraction of sp³-hybridized carbons (Fsp3) is 0.143. The van der Waals surface area contributed by atoms with Gasteiger partial charge in [-0.3, -0.25) is 0 Å². The first kappa shape index (κ1) is 12.4. The van der Waals surface area contributed by atoms with E-state index in [0.29, 0.717) is 5.15 Å². The van der Waals surface area contributed by atoms with Gasteiger partial charge in [0.05, 0.1) is 0 Å². The van der Waals surface area contributed by atoms with Crippen molar-refractivity contribution in [1.82, 2.24) is 9.97 Å². The summed E-state index contributed by atoms with van der Waals surface area (Å²) in [6, 6.07) is 10.3. The van der Waals surface area contributed by atoms with Crippen molar-refractivity contribution in [2.75, 3.05) is 11.9 Å². The molecule has 0 unspecified atom stereocenters. The third-order valence-electron chi connectivity index (χ3n) is 2.92. The molecule has 1 N–H and O–H groups in total. The van der Waals surface area contributed by atoms with Crippen LogP contribution in [0.2, 0.25) is 5.15 Å². The average molecular weight is 290 g/mol. The van der Waals surface area contributed by atoms with Crippen molar-refractivity contribution in [2.45, 2.75) is 6.42 Å². The van der Waals surface area contributed by atoms with Crippen LogP contribution in [-0.2, 0) is 6.42 Å². The molecule has 0 saturated carbocycles. The predicted octanol–water partition coefficient (Wildman–Crippen LogP) is 4.00. The van der Waals surface area contributed by atoms with Gasteiger partial charge in [-0.1, -0.05) is 23.7 Å². The Balaban J connectivity index is 1.68. The molecule has 0 aliphatic carbocycles. The van der Waals surface area contributed by atoms with E-state index in [0.717, 1.165) is 18.8 Å². The molecule has 1 aromatic carbocycles. The maximum Gasteiger partial charge on any atom is 0.134 e. The molecular formula is C14H12ClN3S. The normalized spacial score (nSPS) is 10.8. The van der Waals surface area contributed by atoms with E-state index in [4.69, 9.17) is 11.6 Å². The smallest absolute Gasteiger partial charge is 0.134 e. The lowest BCUT2D eigenvalue weighted by Crippen LogP contribution is -2.06. The van der Waals surface area contributed by atoms with Gasteiger partial charge in [0.1, 0.15) is 17.3 Å². The van der Waals surface area contributed by atoms with Gasteiger partial charge in [-0.25, -0.2) is 9.97 Å². The molecule has 3 nitrogen and oxygen atoms in total. The fourth-order valence-electron chi connectivity index (χ4n) is 2.03. The molecule has 0 atom stereocenters. The van der Waals surface area contributed by atoms with E-state index in [1.807, 2.05) is 0 Å². The van der Waals surface area contributed by atoms with E-state index in [-0.39, 0.29) is 0 Å². The van der Waals surface area contributed by atoms with Crippen LogP contribution >= 0.6 is 22.9 Å². The summed E-state index contributed by atoms with van der Waals surface area (Å²) in [5.74, 6) is 0.762. The zero-order valence-corrected chi connectivity index (χ0v) is 11.7. The zero-order valence-electron chi connectivity index (χ0n) is 10.1. The number of thiophene rings is 1. The lowest BCUT2D eigenvalue weighted by molar-refractivity contribution is 1.01. The number of rotatable bonds is 4. The number of anilines is 1. The SMILES string of the molecule is Clc1cc(NCCc2cccc3sccc23)ncn1. The minimum atomic E-state index is 0.456. The maximum atomic E-state index is 5.81. The van der Waals surface area contributed by atoms with Crippen LogP contribution in [0, 0.1) is 0 Å². The van der Waals surface area contributed by atoms with Gasteiger partial charge in [-0.2, -0.15) is 0 Å². The highest BCUT2D eigenvalue weighted by atomic mass is 35.5. The molecule has 3 aromatic rings. The van der Waals surface area contributed by atoms with Crippen LogP contribution in [0.15, 0.2) is 42.0 Å². The third-order valence-corrected chi connectivity index (χ3v) is 4.01. The van der Waals surface area contributed by atoms with Crippen molar-refractivity contribution in [3.05, 3.63) is 52.8 Å². The minimum absolute atomic E-state index is 0.456. The highest BCUT2D eigenvalue weighted by Crippen LogP contribution is 2.24. The Morgan fingerprint density at radius 1 is 1.21 bits per heavy atom. The Kier molecular flexibility index (Phi) is 3.62. The van der Waals surface area contributed by atoms with Gasteiger partial charge < -0.3 is 5.32 Å². The molecule has 0 spiro atoms. The molecule has 0 fully saturated rings. The summed E-state index contributed by atoms with van der Waals surface area (Å²) >= 11 is 7.59. The van der Waals surface area contributed by atoms with E-state index >= 15 is 0 Å². The average Bonchev–Trinajstić information content (AvgIpc) is 2.88. The van der Waals surface area contributed by atoms with E-state index in [2.05, 4.69) is 44.9 Å². The molecule has 0 bridgehead atoms. The quantitative estimate of drug-likeness (QED) is 0.738. The van der Waals surface area contributed by atoms with Crippen LogP contribution in [0.4, 0.5) is 5.82 Å². The first-order valence-corrected chi connectivity index (χ1v) is 7.25. The Morgan fingerprint density at radius 3 is 3.05 bits per heavy atom. The second-order valence-corrected chi connectivity index (χ2v) is 5.49. The van der Waals surface area contributed by atoms with Gasteiger partial charge in [-0.15, -0.1) is 11.3 Å². The number of benzene rings is 1. The van der Waals surface area contributed by atoms with Crippen molar-refractivity contribution < 1.29 is 0 Å². The van der Waals surface area contributed by atoms with Crippen LogP contribution in [0.1, 0.15) is 5.56 Å². The van der Waals surface area contributed by atoms with E-state index in [9.17, 15) is 0 Å². The molecule has 5 heteroatoms. The Labute approximate surface area is 120 Å². The van der Waals surface area contributed by atoms with Crippen molar-refractivity contribution in [2.24, 2.45) is 0 Å². The summed E-state index contributed by atoms with van der Waals surface area (Å²) in [6.07, 6.45) is 2.42. The highest BCUT2D eigenvalue weighted by molar-refractivity contribution is 7.17. The van der Waals surface area contributed by atoms with Gasteiger partial charge in [0.2, 0.25) is 0 Å². The fourth-order valence-corrected chi connectivity index (χ4v) is 3.01. The van der Waals surface area contributed by atoms with Crippen LogP contribution in [0.25, 0.3) is 10.1 Å². The monoisotopic (exact) mass is 289 g/mol. The number of hydrogen-bond donors (Lipinski definition) is 1. The molecular weight excluding hydrogens is 278 g/mol. The number of hydrogen-bond acceptors (Lipinski definition) is 4. The minimum Gasteiger partial charge on any atom is -0.370 e. The van der Waals surface area contributed by atoms with E-state index in [1.54, 1.807) is 17.4 Å². The van der Waals surface area contributed by atoms with E-state index in [1.165, 1.54) is 22.0 Å². The van der Waals surface area contributed by atoms with Crippen LogP contribution in [0.3, 0.4) is 0 Å². The molecule has 2 heterocycles. The Hall–Kier alpha value is -1.65. The van der Waals surface area contributed by atoms with Crippen molar-refractivity contribution >= 4 is 38.8 Å². The standard InChI is InChI=1S/C14H12ClN3S/c15-13-8-14(18-9-17-13)16-6-4-10-2-1-3-12-11(10)5-7-19-12/h1-3,5,7-9H,4,6H2,(H,16,17,18). The maximum absolute atomic E-state index is 5.81. The van der Waals surface area contributed by atoms with E-state index < -0.39 is 0 Å². The Bertz CT molecular complexity index is 696. The molecule has 96 valence electrons.